The van der Waals surface area contributed by atoms with Gasteiger partial charge in [0.2, 0.25) is 5.91 Å². The van der Waals surface area contributed by atoms with Crippen LogP contribution in [0.15, 0.2) is 48.5 Å². The first-order chi connectivity index (χ1) is 14.4. The summed E-state index contributed by atoms with van der Waals surface area (Å²) in [6, 6.07) is 13.2. The maximum atomic E-state index is 12.9. The summed E-state index contributed by atoms with van der Waals surface area (Å²) in [6.45, 7) is 7.15. The fourth-order valence-corrected chi connectivity index (χ4v) is 3.23. The predicted molar refractivity (Wildman–Crippen MR) is 114 cm³/mol. The molecule has 160 valence electrons. The van der Waals surface area contributed by atoms with Crippen molar-refractivity contribution in [2.75, 3.05) is 38.0 Å². The molecule has 1 aliphatic rings. The summed E-state index contributed by atoms with van der Waals surface area (Å²) in [5.74, 6) is -0.491. The highest BCUT2D eigenvalue weighted by molar-refractivity contribution is 5.94. The number of carbonyl (C=O) groups is 2. The van der Waals surface area contributed by atoms with Gasteiger partial charge in [-0.3, -0.25) is 14.5 Å². The summed E-state index contributed by atoms with van der Waals surface area (Å²) in [7, 11) is 0. The Bertz CT molecular complexity index is 845. The topological polar surface area (TPSA) is 61.9 Å². The maximum Gasteiger partial charge on any atom is 0.253 e. The molecule has 0 aromatic heterocycles. The van der Waals surface area contributed by atoms with Crippen LogP contribution in [0.1, 0.15) is 29.8 Å². The zero-order valence-corrected chi connectivity index (χ0v) is 17.4. The minimum atomic E-state index is -0.340. The van der Waals surface area contributed by atoms with Gasteiger partial charge in [0.1, 0.15) is 5.82 Å². The van der Waals surface area contributed by atoms with E-state index in [0.717, 1.165) is 5.56 Å². The van der Waals surface area contributed by atoms with E-state index in [4.69, 9.17) is 4.74 Å². The molecule has 0 atom stereocenters. The third kappa shape index (κ3) is 6.37. The van der Waals surface area contributed by atoms with Crippen LogP contribution >= 0.6 is 0 Å². The molecule has 1 aliphatic heterocycles. The van der Waals surface area contributed by atoms with Crippen molar-refractivity contribution in [3.63, 3.8) is 0 Å². The van der Waals surface area contributed by atoms with Gasteiger partial charge in [0.25, 0.3) is 5.91 Å². The number of ether oxygens (including phenoxy) is 1. The Labute approximate surface area is 176 Å². The number of hydrogen-bond donors (Lipinski definition) is 1. The van der Waals surface area contributed by atoms with Crippen molar-refractivity contribution in [2.45, 2.75) is 26.6 Å². The van der Waals surface area contributed by atoms with Gasteiger partial charge in [-0.25, -0.2) is 4.39 Å². The van der Waals surface area contributed by atoms with E-state index in [9.17, 15) is 14.0 Å². The highest BCUT2D eigenvalue weighted by Gasteiger charge is 2.23. The molecule has 6 nitrogen and oxygen atoms in total. The lowest BCUT2D eigenvalue weighted by molar-refractivity contribution is -0.117. The van der Waals surface area contributed by atoms with Gasteiger partial charge < -0.3 is 15.0 Å². The van der Waals surface area contributed by atoms with Gasteiger partial charge in [-0.15, -0.1) is 0 Å². The third-order valence-corrected chi connectivity index (χ3v) is 4.94. The van der Waals surface area contributed by atoms with Gasteiger partial charge in [0.15, 0.2) is 0 Å². The number of piperazine rings is 1. The zero-order valence-electron chi connectivity index (χ0n) is 17.4. The Morgan fingerprint density at radius 3 is 2.23 bits per heavy atom. The minimum absolute atomic E-state index is 0.00161. The number of amides is 2. The molecular weight excluding hydrogens is 385 g/mol. The SMILES string of the molecule is CC(C)OCc1ccc(C(=O)N2CCN(CC(=O)Nc3ccc(F)cc3)CC2)cc1. The van der Waals surface area contributed by atoms with Gasteiger partial charge >= 0.3 is 0 Å². The monoisotopic (exact) mass is 413 g/mol. The summed E-state index contributed by atoms with van der Waals surface area (Å²) in [5, 5.41) is 2.76. The van der Waals surface area contributed by atoms with Crippen LogP contribution in [0.5, 0.6) is 0 Å². The Kier molecular flexibility index (Phi) is 7.54. The lowest BCUT2D eigenvalue weighted by Gasteiger charge is -2.34. The van der Waals surface area contributed by atoms with E-state index in [-0.39, 0.29) is 30.3 Å². The van der Waals surface area contributed by atoms with Crippen molar-refractivity contribution < 1.29 is 18.7 Å². The Morgan fingerprint density at radius 1 is 1.00 bits per heavy atom. The molecule has 1 saturated heterocycles. The number of benzene rings is 2. The van der Waals surface area contributed by atoms with Crippen LogP contribution in [0, 0.1) is 5.82 Å². The molecule has 7 heteroatoms. The molecule has 0 spiro atoms. The lowest BCUT2D eigenvalue weighted by atomic mass is 10.1. The standard InChI is InChI=1S/C23H28FN3O3/c1-17(2)30-16-18-3-5-19(6-4-18)23(29)27-13-11-26(12-14-27)15-22(28)25-21-9-7-20(24)8-10-21/h3-10,17H,11-16H2,1-2H3,(H,25,28). The van der Waals surface area contributed by atoms with E-state index < -0.39 is 0 Å². The van der Waals surface area contributed by atoms with Crippen LogP contribution in [0.25, 0.3) is 0 Å². The fourth-order valence-electron chi connectivity index (χ4n) is 3.23. The molecule has 2 aromatic rings. The van der Waals surface area contributed by atoms with Crippen molar-refractivity contribution in [3.05, 3.63) is 65.5 Å². The lowest BCUT2D eigenvalue weighted by Crippen LogP contribution is -2.50. The number of rotatable bonds is 7. The normalized spacial score (nSPS) is 14.7. The molecule has 1 N–H and O–H groups in total. The number of carbonyl (C=O) groups excluding carboxylic acids is 2. The van der Waals surface area contributed by atoms with Crippen LogP contribution in [0.3, 0.4) is 0 Å². The smallest absolute Gasteiger partial charge is 0.253 e. The van der Waals surface area contributed by atoms with E-state index in [2.05, 4.69) is 5.32 Å². The van der Waals surface area contributed by atoms with Crippen LogP contribution in [0.2, 0.25) is 0 Å². The number of nitrogens with one attached hydrogen (secondary N) is 1. The number of hydrogen-bond acceptors (Lipinski definition) is 4. The number of anilines is 1. The summed E-state index contributed by atoms with van der Waals surface area (Å²) in [4.78, 5) is 28.8. The molecular formula is C23H28FN3O3. The molecule has 0 unspecified atom stereocenters. The third-order valence-electron chi connectivity index (χ3n) is 4.94. The molecule has 1 fully saturated rings. The molecule has 1 heterocycles. The van der Waals surface area contributed by atoms with Gasteiger partial charge in [0, 0.05) is 37.4 Å². The number of halogens is 1. The molecule has 3 rings (SSSR count). The minimum Gasteiger partial charge on any atom is -0.374 e. The molecule has 0 aliphatic carbocycles. The second kappa shape index (κ2) is 10.3. The summed E-state index contributed by atoms with van der Waals surface area (Å²) >= 11 is 0. The Balaban J connectivity index is 1.44. The second-order valence-corrected chi connectivity index (χ2v) is 7.68. The highest BCUT2D eigenvalue weighted by Crippen LogP contribution is 2.12. The largest absolute Gasteiger partial charge is 0.374 e. The molecule has 2 aromatic carbocycles. The van der Waals surface area contributed by atoms with Crippen molar-refractivity contribution in [3.8, 4) is 0 Å². The molecule has 0 bridgehead atoms. The molecule has 0 saturated carbocycles. The quantitative estimate of drug-likeness (QED) is 0.758. The fraction of sp³-hybridized carbons (Fsp3) is 0.391. The first-order valence-corrected chi connectivity index (χ1v) is 10.2. The number of nitrogens with zero attached hydrogens (tertiary/aromatic N) is 2. The van der Waals surface area contributed by atoms with Crippen molar-refractivity contribution >= 4 is 17.5 Å². The molecule has 30 heavy (non-hydrogen) atoms. The Hall–Kier alpha value is -2.77. The molecule has 0 radical (unpaired) electrons. The Morgan fingerprint density at radius 2 is 1.63 bits per heavy atom. The summed E-state index contributed by atoms with van der Waals surface area (Å²) < 4.78 is 18.5. The summed E-state index contributed by atoms with van der Waals surface area (Å²) in [6.07, 6.45) is 0.167. The summed E-state index contributed by atoms with van der Waals surface area (Å²) in [5.41, 5.74) is 2.26. The van der Waals surface area contributed by atoms with Crippen LogP contribution < -0.4 is 5.32 Å². The van der Waals surface area contributed by atoms with Gasteiger partial charge in [0.05, 0.1) is 19.3 Å². The first-order valence-electron chi connectivity index (χ1n) is 10.2. The zero-order chi connectivity index (χ0) is 21.5. The van der Waals surface area contributed by atoms with E-state index in [1.54, 1.807) is 0 Å². The van der Waals surface area contributed by atoms with E-state index in [1.807, 2.05) is 47.9 Å². The average Bonchev–Trinajstić information content (AvgIpc) is 2.74. The van der Waals surface area contributed by atoms with Gasteiger partial charge in [-0.1, -0.05) is 12.1 Å². The van der Waals surface area contributed by atoms with Crippen molar-refractivity contribution in [1.82, 2.24) is 9.80 Å². The second-order valence-electron chi connectivity index (χ2n) is 7.68. The van der Waals surface area contributed by atoms with Crippen LogP contribution in [-0.2, 0) is 16.1 Å². The van der Waals surface area contributed by atoms with E-state index in [1.165, 1.54) is 24.3 Å². The highest BCUT2D eigenvalue weighted by atomic mass is 19.1. The van der Waals surface area contributed by atoms with Gasteiger partial charge in [-0.2, -0.15) is 0 Å². The first kappa shape index (κ1) is 21.9. The van der Waals surface area contributed by atoms with E-state index in [0.29, 0.717) is 44.0 Å². The van der Waals surface area contributed by atoms with Crippen LogP contribution in [-0.4, -0.2) is 60.4 Å². The molecule has 2 amide bonds. The average molecular weight is 413 g/mol. The van der Waals surface area contributed by atoms with Crippen LogP contribution in [0.4, 0.5) is 10.1 Å². The maximum absolute atomic E-state index is 12.9. The predicted octanol–water partition coefficient (Wildman–Crippen LogP) is 3.15. The van der Waals surface area contributed by atoms with Crippen molar-refractivity contribution in [1.29, 1.82) is 0 Å². The van der Waals surface area contributed by atoms with Gasteiger partial charge in [-0.05, 0) is 55.8 Å². The van der Waals surface area contributed by atoms with E-state index >= 15 is 0 Å². The van der Waals surface area contributed by atoms with Crippen molar-refractivity contribution in [2.24, 2.45) is 0 Å².